The monoisotopic (exact) mass is 273 g/mol. The fourth-order valence-corrected chi connectivity index (χ4v) is 2.08. The molecule has 0 spiro atoms. The molecule has 0 radical (unpaired) electrons. The number of carbonyl (C=O) groups is 2. The van der Waals surface area contributed by atoms with Crippen molar-refractivity contribution in [2.24, 2.45) is 0 Å². The Bertz CT molecular complexity index is 672. The second-order valence-corrected chi connectivity index (χ2v) is 4.51. The number of rotatable bonds is 3. The summed E-state index contributed by atoms with van der Waals surface area (Å²) in [4.78, 5) is 24.9. The molecule has 0 atom stereocenters. The van der Waals surface area contributed by atoms with Crippen LogP contribution in [0.2, 0.25) is 0 Å². The zero-order valence-corrected chi connectivity index (χ0v) is 11.5. The van der Waals surface area contributed by atoms with Gasteiger partial charge in [0, 0.05) is 7.05 Å². The summed E-state index contributed by atoms with van der Waals surface area (Å²) in [5.74, 6) is -0.202. The number of hydrogen-bond donors (Lipinski definition) is 1. The molecule has 0 fully saturated rings. The molecular formula is C15H15NO4. The van der Waals surface area contributed by atoms with E-state index in [0.29, 0.717) is 22.8 Å². The van der Waals surface area contributed by atoms with E-state index in [1.54, 1.807) is 45.2 Å². The molecule has 1 heterocycles. The maximum Gasteiger partial charge on any atom is 0.337 e. The third-order valence-electron chi connectivity index (χ3n) is 3.07. The van der Waals surface area contributed by atoms with Gasteiger partial charge >= 0.3 is 5.97 Å². The van der Waals surface area contributed by atoms with Crippen molar-refractivity contribution < 1.29 is 19.1 Å². The number of amides is 1. The number of hydrogen-bond acceptors (Lipinski definition) is 3. The van der Waals surface area contributed by atoms with Crippen molar-refractivity contribution in [3.8, 4) is 0 Å². The van der Waals surface area contributed by atoms with Crippen molar-refractivity contribution in [3.63, 3.8) is 0 Å². The second kappa shape index (κ2) is 5.21. The van der Waals surface area contributed by atoms with Gasteiger partial charge in [0.05, 0.1) is 16.8 Å². The van der Waals surface area contributed by atoms with Gasteiger partial charge in [-0.05, 0) is 32.0 Å². The molecule has 1 aromatic carbocycles. The van der Waals surface area contributed by atoms with Gasteiger partial charge in [-0.3, -0.25) is 4.79 Å². The molecule has 0 aliphatic rings. The minimum absolute atomic E-state index is 0.0845. The van der Waals surface area contributed by atoms with Gasteiger partial charge < -0.3 is 14.4 Å². The molecule has 0 aliphatic carbocycles. The summed E-state index contributed by atoms with van der Waals surface area (Å²) in [6.45, 7) is 3.46. The molecule has 5 nitrogen and oxygen atoms in total. The van der Waals surface area contributed by atoms with Crippen LogP contribution in [0.1, 0.15) is 32.2 Å². The van der Waals surface area contributed by atoms with Crippen LogP contribution in [0.25, 0.3) is 0 Å². The maximum atomic E-state index is 12.4. The number of aromatic carboxylic acids is 1. The zero-order valence-electron chi connectivity index (χ0n) is 11.5. The van der Waals surface area contributed by atoms with E-state index in [1.807, 2.05) is 0 Å². The number of benzene rings is 1. The Morgan fingerprint density at radius 2 is 1.80 bits per heavy atom. The lowest BCUT2D eigenvalue weighted by molar-refractivity contribution is 0.0697. The summed E-state index contributed by atoms with van der Waals surface area (Å²) in [6.07, 6.45) is 0. The molecule has 0 saturated carbocycles. The lowest BCUT2D eigenvalue weighted by Gasteiger charge is -2.18. The normalized spacial score (nSPS) is 10.3. The first-order valence-electron chi connectivity index (χ1n) is 6.09. The number of para-hydroxylation sites is 1. The predicted octanol–water partition coefficient (Wildman–Crippen LogP) is 2.87. The Labute approximate surface area is 116 Å². The van der Waals surface area contributed by atoms with Gasteiger partial charge in [-0.2, -0.15) is 0 Å². The molecule has 0 bridgehead atoms. The van der Waals surface area contributed by atoms with Gasteiger partial charge in [0.15, 0.2) is 0 Å². The largest absolute Gasteiger partial charge is 0.478 e. The van der Waals surface area contributed by atoms with Crippen molar-refractivity contribution >= 4 is 17.6 Å². The summed E-state index contributed by atoms with van der Waals surface area (Å²) >= 11 is 0. The molecule has 2 aromatic rings. The van der Waals surface area contributed by atoms with Crippen LogP contribution >= 0.6 is 0 Å². The van der Waals surface area contributed by atoms with Crippen molar-refractivity contribution in [2.75, 3.05) is 11.9 Å². The summed E-state index contributed by atoms with van der Waals surface area (Å²) in [6, 6.07) is 8.04. The first-order valence-corrected chi connectivity index (χ1v) is 6.09. The Hall–Kier alpha value is -2.56. The van der Waals surface area contributed by atoms with Crippen LogP contribution in [0.4, 0.5) is 5.69 Å². The first kappa shape index (κ1) is 13.9. The summed E-state index contributed by atoms with van der Waals surface area (Å²) in [5, 5.41) is 9.17. The fraction of sp³-hybridized carbons (Fsp3) is 0.200. The number of carboxylic acid groups (broad SMARTS) is 1. The van der Waals surface area contributed by atoms with Crippen molar-refractivity contribution in [1.82, 2.24) is 0 Å². The standard InChI is InChI=1S/C15H15NO4/c1-9-8-12(10(2)20-9)14(17)16(3)13-7-5-4-6-11(13)15(18)19/h4-8H,1-3H3,(H,18,19). The topological polar surface area (TPSA) is 70.8 Å². The number of aryl methyl sites for hydroxylation is 2. The molecule has 1 aromatic heterocycles. The Morgan fingerprint density at radius 1 is 1.15 bits per heavy atom. The SMILES string of the molecule is Cc1cc(C(=O)N(C)c2ccccc2C(=O)O)c(C)o1. The molecule has 104 valence electrons. The van der Waals surface area contributed by atoms with Gasteiger partial charge in [0.1, 0.15) is 11.5 Å². The van der Waals surface area contributed by atoms with Crippen LogP contribution in [0, 0.1) is 13.8 Å². The van der Waals surface area contributed by atoms with Crippen molar-refractivity contribution in [3.05, 3.63) is 53.0 Å². The first-order chi connectivity index (χ1) is 9.41. The lowest BCUT2D eigenvalue weighted by Crippen LogP contribution is -2.28. The van der Waals surface area contributed by atoms with Crippen molar-refractivity contribution in [2.45, 2.75) is 13.8 Å². The van der Waals surface area contributed by atoms with E-state index in [9.17, 15) is 9.59 Å². The van der Waals surface area contributed by atoms with Crippen LogP contribution in [0.3, 0.4) is 0 Å². The van der Waals surface area contributed by atoms with Crippen LogP contribution in [0.15, 0.2) is 34.7 Å². The number of furan rings is 1. The summed E-state index contributed by atoms with van der Waals surface area (Å²) in [5.41, 5.74) is 0.870. The lowest BCUT2D eigenvalue weighted by atomic mass is 10.1. The number of anilines is 1. The highest BCUT2D eigenvalue weighted by molar-refractivity contribution is 6.09. The highest BCUT2D eigenvalue weighted by atomic mass is 16.4. The predicted molar refractivity (Wildman–Crippen MR) is 74.3 cm³/mol. The molecule has 20 heavy (non-hydrogen) atoms. The number of carbonyl (C=O) groups excluding carboxylic acids is 1. The third-order valence-corrected chi connectivity index (χ3v) is 3.07. The molecule has 2 rings (SSSR count). The average Bonchev–Trinajstić information content (AvgIpc) is 2.76. The molecule has 0 unspecified atom stereocenters. The van der Waals surface area contributed by atoms with Gasteiger partial charge in [-0.25, -0.2) is 4.79 Å². The Balaban J connectivity index is 2.41. The van der Waals surface area contributed by atoms with Crippen molar-refractivity contribution in [1.29, 1.82) is 0 Å². The fourth-order valence-electron chi connectivity index (χ4n) is 2.08. The summed E-state index contributed by atoms with van der Waals surface area (Å²) < 4.78 is 5.34. The number of carboxylic acids is 1. The highest BCUT2D eigenvalue weighted by Crippen LogP contribution is 2.23. The molecule has 0 aliphatic heterocycles. The summed E-state index contributed by atoms with van der Waals surface area (Å²) in [7, 11) is 1.55. The van der Waals surface area contributed by atoms with Gasteiger partial charge in [0.2, 0.25) is 0 Å². The van der Waals surface area contributed by atoms with E-state index in [4.69, 9.17) is 9.52 Å². The third kappa shape index (κ3) is 2.42. The smallest absolute Gasteiger partial charge is 0.337 e. The average molecular weight is 273 g/mol. The van der Waals surface area contributed by atoms with Gasteiger partial charge in [-0.1, -0.05) is 12.1 Å². The maximum absolute atomic E-state index is 12.4. The molecule has 1 amide bonds. The Morgan fingerprint density at radius 3 is 2.35 bits per heavy atom. The highest BCUT2D eigenvalue weighted by Gasteiger charge is 2.22. The van der Waals surface area contributed by atoms with E-state index in [0.717, 1.165) is 0 Å². The minimum atomic E-state index is -1.07. The molecule has 5 heteroatoms. The molecule has 0 saturated heterocycles. The molecule has 1 N–H and O–H groups in total. The van der Waals surface area contributed by atoms with Crippen LogP contribution in [-0.2, 0) is 0 Å². The quantitative estimate of drug-likeness (QED) is 0.933. The second-order valence-electron chi connectivity index (χ2n) is 4.51. The van der Waals surface area contributed by atoms with Crippen LogP contribution < -0.4 is 4.90 Å². The minimum Gasteiger partial charge on any atom is -0.478 e. The van der Waals surface area contributed by atoms with Crippen LogP contribution in [-0.4, -0.2) is 24.0 Å². The van der Waals surface area contributed by atoms with Crippen LogP contribution in [0.5, 0.6) is 0 Å². The van der Waals surface area contributed by atoms with E-state index >= 15 is 0 Å². The van der Waals surface area contributed by atoms with E-state index in [-0.39, 0.29) is 11.5 Å². The zero-order chi connectivity index (χ0) is 14.9. The Kier molecular flexibility index (Phi) is 3.61. The van der Waals surface area contributed by atoms with Gasteiger partial charge in [0.25, 0.3) is 5.91 Å². The number of nitrogens with zero attached hydrogens (tertiary/aromatic N) is 1. The van der Waals surface area contributed by atoms with E-state index in [1.165, 1.54) is 11.0 Å². The van der Waals surface area contributed by atoms with E-state index < -0.39 is 5.97 Å². The molecular weight excluding hydrogens is 258 g/mol. The van der Waals surface area contributed by atoms with Gasteiger partial charge in [-0.15, -0.1) is 0 Å². The van der Waals surface area contributed by atoms with E-state index in [2.05, 4.69) is 0 Å².